The highest BCUT2D eigenvalue weighted by atomic mass is 16.5. The summed E-state index contributed by atoms with van der Waals surface area (Å²) in [5.41, 5.74) is 4.78. The average molecular weight is 475 g/mol. The lowest BCUT2D eigenvalue weighted by atomic mass is 10.1. The first kappa shape index (κ1) is 24.3. The fourth-order valence-electron chi connectivity index (χ4n) is 4.54. The van der Waals surface area contributed by atoms with E-state index >= 15 is 0 Å². The number of pyridine rings is 1. The van der Waals surface area contributed by atoms with E-state index in [1.165, 1.54) is 0 Å². The number of hydrogen-bond acceptors (Lipinski definition) is 6. The summed E-state index contributed by atoms with van der Waals surface area (Å²) in [5, 5.41) is 4.95. The third-order valence-electron chi connectivity index (χ3n) is 6.17. The molecule has 4 rings (SSSR count). The van der Waals surface area contributed by atoms with Crippen molar-refractivity contribution in [2.45, 2.75) is 40.3 Å². The van der Waals surface area contributed by atoms with E-state index < -0.39 is 5.97 Å². The fourth-order valence-corrected chi connectivity index (χ4v) is 4.54. The summed E-state index contributed by atoms with van der Waals surface area (Å²) >= 11 is 0. The molecule has 0 saturated heterocycles. The van der Waals surface area contributed by atoms with Crippen LogP contribution < -0.4 is 0 Å². The highest BCUT2D eigenvalue weighted by Crippen LogP contribution is 2.26. The number of methoxy groups -OCH3 is 1. The van der Waals surface area contributed by atoms with Gasteiger partial charge in [0, 0.05) is 36.2 Å². The summed E-state index contributed by atoms with van der Waals surface area (Å²) in [6, 6.07) is 13.2. The van der Waals surface area contributed by atoms with Crippen molar-refractivity contribution in [2.24, 2.45) is 0 Å². The Labute approximate surface area is 204 Å². The predicted octanol–water partition coefficient (Wildman–Crippen LogP) is 4.78. The molecule has 0 saturated carbocycles. The molecule has 3 heterocycles. The normalized spacial score (nSPS) is 12.1. The molecule has 0 aliphatic rings. The van der Waals surface area contributed by atoms with Crippen LogP contribution in [0.4, 0.5) is 0 Å². The van der Waals surface area contributed by atoms with Crippen molar-refractivity contribution in [3.63, 3.8) is 0 Å². The van der Waals surface area contributed by atoms with Crippen LogP contribution in [0.25, 0.3) is 22.3 Å². The van der Waals surface area contributed by atoms with Gasteiger partial charge in [-0.2, -0.15) is 5.10 Å². The lowest BCUT2D eigenvalue weighted by Gasteiger charge is -2.17. The number of aryl methyl sites for hydroxylation is 2. The first-order valence-electron chi connectivity index (χ1n) is 11.6. The summed E-state index contributed by atoms with van der Waals surface area (Å²) in [6.07, 6.45) is 1.61. The number of nitrogens with zero attached hydrogens (tertiary/aromatic N) is 4. The maximum atomic E-state index is 13.2. The van der Waals surface area contributed by atoms with Crippen molar-refractivity contribution in [2.75, 3.05) is 20.3 Å². The Morgan fingerprint density at radius 2 is 1.83 bits per heavy atom. The van der Waals surface area contributed by atoms with Crippen molar-refractivity contribution < 1.29 is 19.1 Å². The van der Waals surface area contributed by atoms with E-state index in [0.29, 0.717) is 41.0 Å². The standard InChI is InChI=1S/C27H30N4O4/c1-6-30-26-23(14-28-30)22(13-24(29-26)20-10-8-7-9-11-20)27(33)35-16-25(32)21-12-17(2)31(19(21)4)18(3)15-34-5/h7-14,18H,6,15-16H2,1-5H3. The molecule has 0 amide bonds. The second-order valence-electron chi connectivity index (χ2n) is 8.58. The van der Waals surface area contributed by atoms with Gasteiger partial charge in [-0.25, -0.2) is 14.5 Å². The van der Waals surface area contributed by atoms with Crippen LogP contribution in [0.1, 0.15) is 52.0 Å². The molecule has 182 valence electrons. The number of carbonyl (C=O) groups excluding carboxylic acids is 2. The number of esters is 1. The Bertz CT molecular complexity index is 1370. The predicted molar refractivity (Wildman–Crippen MR) is 134 cm³/mol. The van der Waals surface area contributed by atoms with Gasteiger partial charge in [0.15, 0.2) is 12.3 Å². The van der Waals surface area contributed by atoms with Gasteiger partial charge < -0.3 is 14.0 Å². The fraction of sp³-hybridized carbons (Fsp3) is 0.333. The lowest BCUT2D eigenvalue weighted by Crippen LogP contribution is -2.17. The van der Waals surface area contributed by atoms with Crippen LogP contribution in [-0.4, -0.2) is 51.4 Å². The molecule has 3 aromatic heterocycles. The van der Waals surface area contributed by atoms with Gasteiger partial charge in [0.2, 0.25) is 5.78 Å². The van der Waals surface area contributed by atoms with Crippen molar-refractivity contribution >= 4 is 22.8 Å². The molecule has 1 aromatic carbocycles. The Kier molecular flexibility index (Phi) is 7.12. The molecule has 8 heteroatoms. The molecule has 35 heavy (non-hydrogen) atoms. The highest BCUT2D eigenvalue weighted by molar-refractivity contribution is 6.05. The zero-order valence-electron chi connectivity index (χ0n) is 20.7. The van der Waals surface area contributed by atoms with Crippen molar-refractivity contribution in [3.8, 4) is 11.3 Å². The minimum Gasteiger partial charge on any atom is -0.454 e. The zero-order chi connectivity index (χ0) is 25.1. The number of aromatic nitrogens is 4. The highest BCUT2D eigenvalue weighted by Gasteiger charge is 2.22. The van der Waals surface area contributed by atoms with Crippen LogP contribution in [0.2, 0.25) is 0 Å². The van der Waals surface area contributed by atoms with Crippen LogP contribution in [0.5, 0.6) is 0 Å². The molecule has 8 nitrogen and oxygen atoms in total. The summed E-state index contributed by atoms with van der Waals surface area (Å²) < 4.78 is 14.6. The molecule has 1 atom stereocenters. The van der Waals surface area contributed by atoms with Crippen molar-refractivity contribution in [3.05, 3.63) is 71.2 Å². The minimum atomic E-state index is -0.583. The van der Waals surface area contributed by atoms with Crippen molar-refractivity contribution in [1.29, 1.82) is 0 Å². The molecule has 1 unspecified atom stereocenters. The molecule has 0 spiro atoms. The molecule has 0 radical (unpaired) electrons. The summed E-state index contributed by atoms with van der Waals surface area (Å²) in [7, 11) is 1.65. The van der Waals surface area contributed by atoms with Gasteiger partial charge in [0.25, 0.3) is 0 Å². The van der Waals surface area contributed by atoms with Gasteiger partial charge >= 0.3 is 5.97 Å². The molecular formula is C27H30N4O4. The van der Waals surface area contributed by atoms with Gasteiger partial charge in [-0.15, -0.1) is 0 Å². The van der Waals surface area contributed by atoms with E-state index in [4.69, 9.17) is 14.5 Å². The number of ketones is 1. The van der Waals surface area contributed by atoms with Gasteiger partial charge in [-0.05, 0) is 39.8 Å². The van der Waals surface area contributed by atoms with Crippen LogP contribution in [0.3, 0.4) is 0 Å². The summed E-state index contributed by atoms with van der Waals surface area (Å²) in [4.78, 5) is 30.9. The number of rotatable bonds is 9. The number of fused-ring (bicyclic) bond motifs is 1. The van der Waals surface area contributed by atoms with E-state index in [9.17, 15) is 9.59 Å². The Balaban J connectivity index is 1.61. The van der Waals surface area contributed by atoms with Crippen LogP contribution in [0.15, 0.2) is 48.7 Å². The number of ether oxygens (including phenoxy) is 2. The smallest absolute Gasteiger partial charge is 0.339 e. The van der Waals surface area contributed by atoms with E-state index in [-0.39, 0.29) is 18.4 Å². The molecule has 0 N–H and O–H groups in total. The Morgan fingerprint density at radius 3 is 2.51 bits per heavy atom. The minimum absolute atomic E-state index is 0.0840. The van der Waals surface area contributed by atoms with E-state index in [1.807, 2.05) is 64.1 Å². The van der Waals surface area contributed by atoms with Gasteiger partial charge in [0.05, 0.1) is 35.5 Å². The summed E-state index contributed by atoms with van der Waals surface area (Å²) in [6.45, 7) is 8.63. The number of carbonyl (C=O) groups is 2. The number of hydrogen-bond donors (Lipinski definition) is 0. The zero-order valence-corrected chi connectivity index (χ0v) is 20.7. The monoisotopic (exact) mass is 474 g/mol. The first-order chi connectivity index (χ1) is 16.8. The lowest BCUT2D eigenvalue weighted by molar-refractivity contribution is 0.0476. The Hall–Kier alpha value is -3.78. The molecule has 0 fully saturated rings. The molecule has 0 aliphatic heterocycles. The third kappa shape index (κ3) is 4.74. The van der Waals surface area contributed by atoms with Crippen LogP contribution in [-0.2, 0) is 16.0 Å². The maximum Gasteiger partial charge on any atom is 0.339 e. The second kappa shape index (κ2) is 10.2. The van der Waals surface area contributed by atoms with Gasteiger partial charge in [-0.3, -0.25) is 4.79 Å². The molecular weight excluding hydrogens is 444 g/mol. The second-order valence-corrected chi connectivity index (χ2v) is 8.58. The van der Waals surface area contributed by atoms with Gasteiger partial charge in [-0.1, -0.05) is 30.3 Å². The topological polar surface area (TPSA) is 88.2 Å². The third-order valence-corrected chi connectivity index (χ3v) is 6.17. The van der Waals surface area contributed by atoms with E-state index in [1.54, 1.807) is 24.1 Å². The number of Topliss-reactive ketones (excluding diaryl/α,β-unsaturated/α-hetero) is 1. The quantitative estimate of drug-likeness (QED) is 0.256. The van der Waals surface area contributed by atoms with Gasteiger partial charge in [0.1, 0.15) is 0 Å². The van der Waals surface area contributed by atoms with E-state index in [2.05, 4.69) is 9.67 Å². The molecule has 0 bridgehead atoms. The average Bonchev–Trinajstić information content (AvgIpc) is 3.42. The SMILES string of the molecule is CCn1ncc2c(C(=O)OCC(=O)c3cc(C)n(C(C)COC)c3C)cc(-c3ccccc3)nc21. The van der Waals surface area contributed by atoms with Crippen LogP contribution in [0, 0.1) is 13.8 Å². The Morgan fingerprint density at radius 1 is 1.09 bits per heavy atom. The maximum absolute atomic E-state index is 13.2. The molecule has 4 aromatic rings. The largest absolute Gasteiger partial charge is 0.454 e. The van der Waals surface area contributed by atoms with Crippen molar-refractivity contribution in [1.82, 2.24) is 19.3 Å². The number of benzene rings is 1. The summed E-state index contributed by atoms with van der Waals surface area (Å²) in [5.74, 6) is -0.833. The van der Waals surface area contributed by atoms with E-state index in [0.717, 1.165) is 17.0 Å². The first-order valence-corrected chi connectivity index (χ1v) is 11.6. The van der Waals surface area contributed by atoms with Crippen LogP contribution >= 0.6 is 0 Å². The molecule has 0 aliphatic carbocycles.